The van der Waals surface area contributed by atoms with Crippen LogP contribution in [0.2, 0.25) is 0 Å². The third-order valence-electron chi connectivity index (χ3n) is 3.42. The first-order valence-electron chi connectivity index (χ1n) is 7.27. The van der Waals surface area contributed by atoms with Gasteiger partial charge < -0.3 is 0 Å². The number of nitrogens with zero attached hydrogens (tertiary/aromatic N) is 2. The average Bonchev–Trinajstić information content (AvgIpc) is 3.09. The Labute approximate surface area is 135 Å². The molecule has 118 valence electrons. The fourth-order valence-electron chi connectivity index (χ4n) is 2.29. The molecule has 2 aromatic carbocycles. The van der Waals surface area contributed by atoms with E-state index in [1.54, 1.807) is 35.3 Å². The Morgan fingerprint density at radius 1 is 0.957 bits per heavy atom. The highest BCUT2D eigenvalue weighted by molar-refractivity contribution is 7.92. The van der Waals surface area contributed by atoms with E-state index < -0.39 is 10.0 Å². The Kier molecular flexibility index (Phi) is 4.43. The molecule has 0 fully saturated rings. The molecule has 6 heteroatoms. The van der Waals surface area contributed by atoms with E-state index in [4.69, 9.17) is 0 Å². The maximum absolute atomic E-state index is 12.4. The van der Waals surface area contributed by atoms with E-state index in [1.807, 2.05) is 42.5 Å². The normalized spacial score (nSPS) is 11.3. The number of para-hydroxylation sites is 2. The minimum Gasteiger partial charge on any atom is -0.281 e. The van der Waals surface area contributed by atoms with Crippen LogP contribution >= 0.6 is 0 Å². The largest absolute Gasteiger partial charge is 0.281 e. The molecule has 0 aliphatic rings. The first kappa shape index (κ1) is 15.3. The summed E-state index contributed by atoms with van der Waals surface area (Å²) in [5.74, 6) is 0.0322. The van der Waals surface area contributed by atoms with Crippen LogP contribution in [-0.4, -0.2) is 24.0 Å². The second kappa shape index (κ2) is 6.66. The third-order valence-corrected chi connectivity index (χ3v) is 4.70. The predicted molar refractivity (Wildman–Crippen MR) is 91.1 cm³/mol. The average molecular weight is 327 g/mol. The second-order valence-electron chi connectivity index (χ2n) is 5.12. The van der Waals surface area contributed by atoms with Crippen LogP contribution in [0.15, 0.2) is 73.1 Å². The Morgan fingerprint density at radius 3 is 2.43 bits per heavy atom. The molecule has 3 rings (SSSR count). The van der Waals surface area contributed by atoms with Gasteiger partial charge >= 0.3 is 0 Å². The van der Waals surface area contributed by atoms with Gasteiger partial charge in [0.05, 0.1) is 17.1 Å². The molecule has 0 saturated heterocycles. The summed E-state index contributed by atoms with van der Waals surface area (Å²) in [6, 6.07) is 18.6. The summed E-state index contributed by atoms with van der Waals surface area (Å²) in [6.45, 7) is 0. The molecule has 0 saturated carbocycles. The fraction of sp³-hybridized carbons (Fsp3) is 0.118. The lowest BCUT2D eigenvalue weighted by molar-refractivity contribution is 0.600. The van der Waals surface area contributed by atoms with Crippen molar-refractivity contribution in [3.05, 3.63) is 78.6 Å². The van der Waals surface area contributed by atoms with E-state index >= 15 is 0 Å². The number of aryl methyl sites for hydroxylation is 1. The number of hydrogen-bond acceptors (Lipinski definition) is 3. The summed E-state index contributed by atoms with van der Waals surface area (Å²) in [4.78, 5) is 0. The van der Waals surface area contributed by atoms with Crippen molar-refractivity contribution < 1.29 is 8.42 Å². The molecule has 0 atom stereocenters. The number of hydrogen-bond donors (Lipinski definition) is 1. The van der Waals surface area contributed by atoms with Gasteiger partial charge in [-0.05, 0) is 30.2 Å². The van der Waals surface area contributed by atoms with Gasteiger partial charge in [0.1, 0.15) is 0 Å². The van der Waals surface area contributed by atoms with Crippen LogP contribution in [0.25, 0.3) is 5.69 Å². The van der Waals surface area contributed by atoms with Crippen LogP contribution in [0.1, 0.15) is 5.56 Å². The SMILES string of the molecule is O=S(=O)(CCc1ccccc1)Nc1ccccc1-n1cccn1. The van der Waals surface area contributed by atoms with Crippen molar-refractivity contribution in [2.24, 2.45) is 0 Å². The highest BCUT2D eigenvalue weighted by Gasteiger charge is 2.14. The molecule has 0 amide bonds. The van der Waals surface area contributed by atoms with Crippen molar-refractivity contribution >= 4 is 15.7 Å². The van der Waals surface area contributed by atoms with E-state index in [-0.39, 0.29) is 5.75 Å². The minimum atomic E-state index is -3.44. The zero-order valence-corrected chi connectivity index (χ0v) is 13.3. The van der Waals surface area contributed by atoms with E-state index in [1.165, 1.54) is 0 Å². The molecular formula is C17H17N3O2S. The van der Waals surface area contributed by atoms with Crippen molar-refractivity contribution in [1.82, 2.24) is 9.78 Å². The van der Waals surface area contributed by atoms with Gasteiger partial charge in [-0.25, -0.2) is 13.1 Å². The molecule has 3 aromatic rings. The maximum atomic E-state index is 12.4. The van der Waals surface area contributed by atoms with Crippen molar-refractivity contribution in [2.45, 2.75) is 6.42 Å². The number of aromatic nitrogens is 2. The summed E-state index contributed by atoms with van der Waals surface area (Å²) in [6.07, 6.45) is 3.90. The van der Waals surface area contributed by atoms with E-state index in [2.05, 4.69) is 9.82 Å². The topological polar surface area (TPSA) is 64.0 Å². The highest BCUT2D eigenvalue weighted by Crippen LogP contribution is 2.20. The summed E-state index contributed by atoms with van der Waals surface area (Å²) >= 11 is 0. The second-order valence-corrected chi connectivity index (χ2v) is 6.97. The van der Waals surface area contributed by atoms with Crippen LogP contribution in [-0.2, 0) is 16.4 Å². The van der Waals surface area contributed by atoms with Crippen molar-refractivity contribution in [2.75, 3.05) is 10.5 Å². The quantitative estimate of drug-likeness (QED) is 0.757. The van der Waals surface area contributed by atoms with Crippen molar-refractivity contribution in [3.63, 3.8) is 0 Å². The third kappa shape index (κ3) is 3.98. The Balaban J connectivity index is 1.76. The molecule has 23 heavy (non-hydrogen) atoms. The molecule has 0 aliphatic carbocycles. The minimum absolute atomic E-state index is 0.0322. The zero-order valence-electron chi connectivity index (χ0n) is 12.5. The first-order chi connectivity index (χ1) is 11.1. The molecule has 0 aliphatic heterocycles. The maximum Gasteiger partial charge on any atom is 0.233 e. The lowest BCUT2D eigenvalue weighted by Crippen LogP contribution is -2.19. The van der Waals surface area contributed by atoms with Gasteiger partial charge in [-0.3, -0.25) is 4.72 Å². The molecule has 1 aromatic heterocycles. The fourth-order valence-corrected chi connectivity index (χ4v) is 3.40. The van der Waals surface area contributed by atoms with Gasteiger partial charge in [0.2, 0.25) is 10.0 Å². The van der Waals surface area contributed by atoms with E-state index in [0.717, 1.165) is 5.56 Å². The van der Waals surface area contributed by atoms with Crippen LogP contribution < -0.4 is 4.72 Å². The number of nitrogens with one attached hydrogen (secondary N) is 1. The van der Waals surface area contributed by atoms with Gasteiger partial charge in [0.15, 0.2) is 0 Å². The molecule has 0 radical (unpaired) electrons. The Hall–Kier alpha value is -2.60. The molecular weight excluding hydrogens is 310 g/mol. The van der Waals surface area contributed by atoms with Gasteiger partial charge in [-0.2, -0.15) is 5.10 Å². The molecule has 0 bridgehead atoms. The predicted octanol–water partition coefficient (Wildman–Crippen LogP) is 2.86. The molecule has 5 nitrogen and oxygen atoms in total. The molecule has 1 N–H and O–H groups in total. The first-order valence-corrected chi connectivity index (χ1v) is 8.93. The summed E-state index contributed by atoms with van der Waals surface area (Å²) in [5, 5.41) is 4.15. The van der Waals surface area contributed by atoms with E-state index in [9.17, 15) is 8.42 Å². The summed E-state index contributed by atoms with van der Waals surface area (Å²) in [5.41, 5.74) is 2.21. The van der Waals surface area contributed by atoms with Crippen molar-refractivity contribution in [1.29, 1.82) is 0 Å². The van der Waals surface area contributed by atoms with Crippen LogP contribution in [0, 0.1) is 0 Å². The van der Waals surface area contributed by atoms with Crippen LogP contribution in [0.3, 0.4) is 0 Å². The van der Waals surface area contributed by atoms with E-state index in [0.29, 0.717) is 17.8 Å². The van der Waals surface area contributed by atoms with Crippen LogP contribution in [0.4, 0.5) is 5.69 Å². The molecule has 1 heterocycles. The monoisotopic (exact) mass is 327 g/mol. The lowest BCUT2D eigenvalue weighted by atomic mass is 10.2. The zero-order chi connectivity index (χ0) is 16.1. The molecule has 0 unspecified atom stereocenters. The standard InChI is InChI=1S/C17H17N3O2S/c21-23(22,14-11-15-7-2-1-3-8-15)19-16-9-4-5-10-17(16)20-13-6-12-18-20/h1-10,12-13,19H,11,14H2. The van der Waals surface area contributed by atoms with Crippen molar-refractivity contribution in [3.8, 4) is 5.69 Å². The van der Waals surface area contributed by atoms with Gasteiger partial charge in [-0.15, -0.1) is 0 Å². The van der Waals surface area contributed by atoms with Crippen LogP contribution in [0.5, 0.6) is 0 Å². The summed E-state index contributed by atoms with van der Waals surface area (Å²) < 4.78 is 29.0. The number of anilines is 1. The van der Waals surface area contributed by atoms with Gasteiger partial charge in [-0.1, -0.05) is 42.5 Å². The smallest absolute Gasteiger partial charge is 0.233 e. The van der Waals surface area contributed by atoms with Gasteiger partial charge in [0, 0.05) is 12.4 Å². The summed E-state index contributed by atoms with van der Waals surface area (Å²) in [7, 11) is -3.44. The highest BCUT2D eigenvalue weighted by atomic mass is 32.2. The Bertz CT molecular complexity index is 860. The lowest BCUT2D eigenvalue weighted by Gasteiger charge is -2.12. The number of benzene rings is 2. The number of sulfonamides is 1. The number of rotatable bonds is 6. The van der Waals surface area contributed by atoms with Gasteiger partial charge in [0.25, 0.3) is 0 Å². The Morgan fingerprint density at radius 2 is 1.70 bits per heavy atom. The molecule has 0 spiro atoms.